The second kappa shape index (κ2) is 4.58. The quantitative estimate of drug-likeness (QED) is 0.717. The third-order valence-electron chi connectivity index (χ3n) is 3.19. The van der Waals surface area contributed by atoms with Crippen molar-refractivity contribution in [1.29, 1.82) is 5.26 Å². The van der Waals surface area contributed by atoms with E-state index in [4.69, 9.17) is 16.9 Å². The Labute approximate surface area is 103 Å². The fourth-order valence-corrected chi connectivity index (χ4v) is 2.32. The van der Waals surface area contributed by atoms with E-state index in [1.54, 1.807) is 6.07 Å². The molecule has 2 nitrogen and oxygen atoms in total. The third kappa shape index (κ3) is 2.55. The van der Waals surface area contributed by atoms with Gasteiger partial charge in [-0.05, 0) is 24.5 Å². The molecule has 1 aromatic rings. The largest absolute Gasteiger partial charge is 0.255 e. The predicted octanol–water partition coefficient (Wildman–Crippen LogP) is 3.78. The van der Waals surface area contributed by atoms with Crippen molar-refractivity contribution in [3.8, 4) is 6.07 Å². The van der Waals surface area contributed by atoms with Crippen LogP contribution in [-0.2, 0) is 0 Å². The van der Waals surface area contributed by atoms with Crippen molar-refractivity contribution in [2.75, 3.05) is 0 Å². The van der Waals surface area contributed by atoms with Crippen LogP contribution >= 0.6 is 11.6 Å². The molecule has 1 aliphatic rings. The Morgan fingerprint density at radius 3 is 2.82 bits per heavy atom. The van der Waals surface area contributed by atoms with Gasteiger partial charge in [0.25, 0.3) is 5.92 Å². The summed E-state index contributed by atoms with van der Waals surface area (Å²) >= 11 is 5.63. The second-order valence-corrected chi connectivity index (χ2v) is 4.72. The molecule has 0 saturated heterocycles. The van der Waals surface area contributed by atoms with E-state index >= 15 is 0 Å². The lowest BCUT2D eigenvalue weighted by molar-refractivity contribution is -0.0616. The lowest BCUT2D eigenvalue weighted by Crippen LogP contribution is -2.33. The summed E-state index contributed by atoms with van der Waals surface area (Å²) < 4.78 is 27.6. The summed E-state index contributed by atoms with van der Waals surface area (Å²) in [5.41, 5.74) is 0.458. The van der Waals surface area contributed by atoms with Crippen LogP contribution in [0.2, 0.25) is 5.15 Å². The Balaban J connectivity index is 2.27. The highest BCUT2D eigenvalue weighted by Crippen LogP contribution is 2.46. The van der Waals surface area contributed by atoms with E-state index < -0.39 is 11.8 Å². The first-order valence-electron chi connectivity index (χ1n) is 5.42. The zero-order valence-corrected chi connectivity index (χ0v) is 9.79. The molecule has 0 aromatic carbocycles. The first-order chi connectivity index (χ1) is 8.03. The topological polar surface area (TPSA) is 36.7 Å². The van der Waals surface area contributed by atoms with Crippen molar-refractivity contribution in [2.24, 2.45) is 5.92 Å². The van der Waals surface area contributed by atoms with Crippen LogP contribution in [-0.4, -0.2) is 10.9 Å². The predicted molar refractivity (Wildman–Crippen MR) is 59.9 cm³/mol. The first kappa shape index (κ1) is 12.3. The van der Waals surface area contributed by atoms with Crippen molar-refractivity contribution in [1.82, 2.24) is 4.98 Å². The van der Waals surface area contributed by atoms with E-state index in [0.717, 1.165) is 0 Å². The second-order valence-electron chi connectivity index (χ2n) is 4.33. The average molecular weight is 257 g/mol. The highest BCUT2D eigenvalue weighted by molar-refractivity contribution is 6.29. The van der Waals surface area contributed by atoms with Crippen LogP contribution in [0.25, 0.3) is 0 Å². The minimum Gasteiger partial charge on any atom is -0.244 e. The minimum absolute atomic E-state index is 0.187. The van der Waals surface area contributed by atoms with Crippen LogP contribution in [0.4, 0.5) is 8.78 Å². The summed E-state index contributed by atoms with van der Waals surface area (Å²) in [6, 6.07) is 5.14. The molecule has 2 rings (SSSR count). The Bertz CT molecular complexity index is 439. The molecular weight excluding hydrogens is 246 g/mol. The maximum absolute atomic E-state index is 13.8. The van der Waals surface area contributed by atoms with E-state index in [1.807, 2.05) is 0 Å². The maximum atomic E-state index is 13.8. The lowest BCUT2D eigenvalue weighted by Gasteiger charge is -2.33. The van der Waals surface area contributed by atoms with E-state index in [0.29, 0.717) is 5.56 Å². The van der Waals surface area contributed by atoms with Gasteiger partial charge in [0.2, 0.25) is 0 Å². The zero-order valence-electron chi connectivity index (χ0n) is 9.04. The summed E-state index contributed by atoms with van der Waals surface area (Å²) in [7, 11) is 0. The third-order valence-corrected chi connectivity index (χ3v) is 3.41. The van der Waals surface area contributed by atoms with Crippen LogP contribution in [0.3, 0.4) is 0 Å². The fourth-order valence-electron chi connectivity index (χ4n) is 2.21. The molecule has 2 atom stereocenters. The highest BCUT2D eigenvalue weighted by Gasteiger charge is 2.45. The Morgan fingerprint density at radius 2 is 2.24 bits per heavy atom. The maximum Gasteiger partial charge on any atom is 0.255 e. The number of pyridine rings is 1. The van der Waals surface area contributed by atoms with Crippen LogP contribution in [0.5, 0.6) is 0 Å². The molecule has 0 N–H and O–H groups in total. The number of nitrogens with zero attached hydrogens (tertiary/aromatic N) is 2. The molecule has 5 heteroatoms. The van der Waals surface area contributed by atoms with Crippen molar-refractivity contribution in [3.05, 3.63) is 29.0 Å². The lowest BCUT2D eigenvalue weighted by atomic mass is 9.76. The number of aromatic nitrogens is 1. The van der Waals surface area contributed by atoms with Gasteiger partial charge in [0.05, 0.1) is 12.0 Å². The number of rotatable bonds is 1. The van der Waals surface area contributed by atoms with Gasteiger partial charge < -0.3 is 0 Å². The monoisotopic (exact) mass is 256 g/mol. The van der Waals surface area contributed by atoms with Gasteiger partial charge in [0.15, 0.2) is 0 Å². The molecule has 0 radical (unpaired) electrons. The Morgan fingerprint density at radius 1 is 1.47 bits per heavy atom. The SMILES string of the molecule is N#CC1CCC(F)(F)C(c2ccc(Cl)nc2)C1. The molecule has 1 fully saturated rings. The molecule has 1 heterocycles. The van der Waals surface area contributed by atoms with Crippen molar-refractivity contribution >= 4 is 11.6 Å². The number of nitriles is 1. The molecule has 2 unspecified atom stereocenters. The van der Waals surface area contributed by atoms with Gasteiger partial charge >= 0.3 is 0 Å². The van der Waals surface area contributed by atoms with Gasteiger partial charge in [0.1, 0.15) is 5.15 Å². The van der Waals surface area contributed by atoms with Crippen LogP contribution in [0, 0.1) is 17.2 Å². The van der Waals surface area contributed by atoms with Crippen LogP contribution in [0.1, 0.15) is 30.7 Å². The van der Waals surface area contributed by atoms with Crippen LogP contribution < -0.4 is 0 Å². The molecule has 90 valence electrons. The summed E-state index contributed by atoms with van der Waals surface area (Å²) in [4.78, 5) is 3.82. The number of alkyl halides is 2. The Hall–Kier alpha value is -1.21. The summed E-state index contributed by atoms with van der Waals surface area (Å²) in [6.07, 6.45) is 1.59. The smallest absolute Gasteiger partial charge is 0.244 e. The van der Waals surface area contributed by atoms with Gasteiger partial charge in [-0.1, -0.05) is 17.7 Å². The molecular formula is C12H11ClF2N2. The first-order valence-corrected chi connectivity index (χ1v) is 5.79. The fraction of sp³-hybridized carbons (Fsp3) is 0.500. The van der Waals surface area contributed by atoms with Crippen molar-refractivity contribution in [2.45, 2.75) is 31.1 Å². The molecule has 0 bridgehead atoms. The van der Waals surface area contributed by atoms with Gasteiger partial charge in [-0.25, -0.2) is 13.8 Å². The van der Waals surface area contributed by atoms with Gasteiger partial charge in [-0.3, -0.25) is 0 Å². The average Bonchev–Trinajstić information content (AvgIpc) is 2.30. The van der Waals surface area contributed by atoms with Gasteiger partial charge in [-0.2, -0.15) is 5.26 Å². The van der Waals surface area contributed by atoms with E-state index in [9.17, 15) is 8.78 Å². The molecule has 1 aromatic heterocycles. The van der Waals surface area contributed by atoms with E-state index in [2.05, 4.69) is 11.1 Å². The summed E-state index contributed by atoms with van der Waals surface area (Å²) in [5, 5.41) is 9.12. The standard InChI is InChI=1S/C12H11ClF2N2/c13-11-2-1-9(7-17-11)10-5-8(6-16)3-4-12(10,14)15/h1-2,7-8,10H,3-5H2. The van der Waals surface area contributed by atoms with Crippen LogP contribution in [0.15, 0.2) is 18.3 Å². The minimum atomic E-state index is -2.76. The number of hydrogen-bond donors (Lipinski definition) is 0. The Kier molecular flexibility index (Phi) is 3.30. The highest BCUT2D eigenvalue weighted by atomic mass is 35.5. The van der Waals surface area contributed by atoms with Crippen molar-refractivity contribution in [3.63, 3.8) is 0 Å². The zero-order chi connectivity index (χ0) is 12.5. The number of halogens is 3. The van der Waals surface area contributed by atoms with Crippen molar-refractivity contribution < 1.29 is 8.78 Å². The van der Waals surface area contributed by atoms with E-state index in [1.165, 1.54) is 12.3 Å². The van der Waals surface area contributed by atoms with Gasteiger partial charge in [0, 0.05) is 18.5 Å². The number of hydrogen-bond acceptors (Lipinski definition) is 2. The molecule has 17 heavy (non-hydrogen) atoms. The summed E-state index contributed by atoms with van der Waals surface area (Å²) in [5.74, 6) is -3.98. The normalized spacial score (nSPS) is 27.4. The molecule has 1 aliphatic carbocycles. The molecule has 0 amide bonds. The van der Waals surface area contributed by atoms with Gasteiger partial charge in [-0.15, -0.1) is 0 Å². The molecule has 1 saturated carbocycles. The molecule has 0 spiro atoms. The summed E-state index contributed by atoms with van der Waals surface area (Å²) in [6.45, 7) is 0. The molecule has 0 aliphatic heterocycles. The van der Waals surface area contributed by atoms with E-state index in [-0.39, 0.29) is 30.3 Å².